The molecule has 5 aromatic rings. The number of halogens is 5. The molecule has 7 N–H and O–H groups in total. The van der Waals surface area contributed by atoms with Crippen LogP contribution in [0.2, 0.25) is 32.7 Å². The molecule has 0 saturated carbocycles. The van der Waals surface area contributed by atoms with E-state index in [9.17, 15) is 0 Å². The standard InChI is InChI=1S/C10H13BrN2Si.2C7H5BrN2.C5H4BrIN2.C4H8Si/c1-14(2,3)5-4-8-6-9(11)7-13-10(8)12;8-6-3-5-1-2-9-7(5)10-4-6;1-2-5-3-6(8)4-10-7(5)9;6-3-1-4(7)5(8)9-2-3;1-4-5(2)3/h6-7H,1-3H3,(H2,12,13);1-4H,(H,9,10);1,3-4H,(H2,9,10);1-2H,(H2,8,9);1,5H,2-3H3. The number of terminal acetylenes is 2. The summed E-state index contributed by atoms with van der Waals surface area (Å²) in [6.07, 6.45) is 18.7. The van der Waals surface area contributed by atoms with E-state index in [1.165, 1.54) is 0 Å². The van der Waals surface area contributed by atoms with Crippen molar-refractivity contribution in [2.45, 2.75) is 32.7 Å². The van der Waals surface area contributed by atoms with Gasteiger partial charge in [-0.2, -0.15) is 0 Å². The molecule has 0 radical (unpaired) electrons. The molecule has 0 aromatic carbocycles. The van der Waals surface area contributed by atoms with E-state index in [0.717, 1.165) is 38.1 Å². The summed E-state index contributed by atoms with van der Waals surface area (Å²) in [6.45, 7) is 10.8. The van der Waals surface area contributed by atoms with E-state index in [4.69, 9.17) is 30.0 Å². The summed E-state index contributed by atoms with van der Waals surface area (Å²) in [4.78, 5) is 18.9. The van der Waals surface area contributed by atoms with Crippen molar-refractivity contribution in [1.29, 1.82) is 0 Å². The van der Waals surface area contributed by atoms with E-state index in [1.807, 2.05) is 30.5 Å². The Balaban J connectivity index is 0.000000309. The summed E-state index contributed by atoms with van der Waals surface area (Å²) in [5.41, 5.74) is 24.9. The lowest BCUT2D eigenvalue weighted by Gasteiger charge is -2.04. The molecule has 5 rings (SSSR count). The summed E-state index contributed by atoms with van der Waals surface area (Å²) < 4.78 is 4.70. The Hall–Kier alpha value is -2.70. The van der Waals surface area contributed by atoms with Crippen LogP contribution in [0.5, 0.6) is 0 Å². The van der Waals surface area contributed by atoms with Crippen molar-refractivity contribution in [1.82, 2.24) is 24.9 Å². The van der Waals surface area contributed by atoms with Gasteiger partial charge in [-0.3, -0.25) is 0 Å². The largest absolute Gasteiger partial charge is 0.383 e. The topological polar surface area (TPSA) is 145 Å². The van der Waals surface area contributed by atoms with Crippen molar-refractivity contribution >= 4 is 132 Å². The SMILES string of the molecule is Brc1cnc2[nH]ccc2c1.C#C[SiH](C)C.C#Cc1cc(Br)cnc1N.C[Si](C)(C)C#Cc1cc(Br)cnc1N.Nc1ncc(Br)cc1I. The van der Waals surface area contributed by atoms with Crippen molar-refractivity contribution in [2.24, 2.45) is 0 Å². The van der Waals surface area contributed by atoms with Crippen LogP contribution in [-0.4, -0.2) is 41.8 Å². The monoisotopic (exact) mass is 1040 g/mol. The second-order valence-electron chi connectivity index (χ2n) is 10.7. The molecule has 8 nitrogen and oxygen atoms in total. The number of fused-ring (bicyclic) bond motifs is 1. The van der Waals surface area contributed by atoms with Crippen LogP contribution in [0.25, 0.3) is 11.0 Å². The number of aromatic amines is 1. The third-order valence-corrected chi connectivity index (χ3v) is 9.17. The highest BCUT2D eigenvalue weighted by Gasteiger charge is 2.08. The Bertz CT molecular complexity index is 1940. The van der Waals surface area contributed by atoms with Gasteiger partial charge in [0.05, 0.1) is 14.7 Å². The molecule has 250 valence electrons. The number of pyridine rings is 4. The first-order chi connectivity index (χ1) is 22.4. The van der Waals surface area contributed by atoms with Crippen LogP contribution >= 0.6 is 86.3 Å². The van der Waals surface area contributed by atoms with Crippen molar-refractivity contribution in [3.05, 3.63) is 93.9 Å². The molecule has 0 unspecified atom stereocenters. The van der Waals surface area contributed by atoms with Gasteiger partial charge in [0, 0.05) is 54.3 Å². The lowest BCUT2D eigenvalue weighted by Crippen LogP contribution is -2.16. The van der Waals surface area contributed by atoms with Gasteiger partial charge in [-0.25, -0.2) is 19.9 Å². The van der Waals surface area contributed by atoms with E-state index in [2.05, 4.69) is 167 Å². The summed E-state index contributed by atoms with van der Waals surface area (Å²) in [5, 5.41) is 1.13. The first kappa shape index (κ1) is 43.3. The summed E-state index contributed by atoms with van der Waals surface area (Å²) in [7, 11) is -1.96. The Morgan fingerprint density at radius 3 is 1.67 bits per heavy atom. The van der Waals surface area contributed by atoms with Crippen molar-refractivity contribution in [3.8, 4) is 35.8 Å². The summed E-state index contributed by atoms with van der Waals surface area (Å²) in [6, 6.07) is 9.59. The maximum atomic E-state index is 5.70. The van der Waals surface area contributed by atoms with Crippen molar-refractivity contribution < 1.29 is 0 Å². The zero-order valence-electron chi connectivity index (χ0n) is 26.9. The Morgan fingerprint density at radius 2 is 1.21 bits per heavy atom. The molecular weight excluding hydrogens is 1010 g/mol. The molecule has 0 atom stereocenters. The number of hydrogen-bond acceptors (Lipinski definition) is 7. The van der Waals surface area contributed by atoms with Crippen LogP contribution in [0.1, 0.15) is 11.1 Å². The van der Waals surface area contributed by atoms with Gasteiger partial charge in [0.25, 0.3) is 0 Å². The van der Waals surface area contributed by atoms with Crippen LogP contribution in [0.3, 0.4) is 0 Å². The van der Waals surface area contributed by atoms with Crippen LogP contribution in [0.4, 0.5) is 17.5 Å². The molecule has 0 aliphatic heterocycles. The highest BCUT2D eigenvalue weighted by molar-refractivity contribution is 14.1. The minimum atomic E-state index is -1.34. The van der Waals surface area contributed by atoms with Gasteiger partial charge in [-0.05, 0) is 117 Å². The molecule has 15 heteroatoms. The average Bonchev–Trinajstić information content (AvgIpc) is 3.49. The molecular formula is C33H35Br4IN8Si2. The molecule has 48 heavy (non-hydrogen) atoms. The quantitative estimate of drug-likeness (QED) is 0.0689. The molecule has 0 saturated heterocycles. The number of hydrogen-bond donors (Lipinski definition) is 4. The highest BCUT2D eigenvalue weighted by atomic mass is 127. The third kappa shape index (κ3) is 18.2. The van der Waals surface area contributed by atoms with Gasteiger partial charge in [-0.15, -0.1) is 23.9 Å². The number of nitrogens with one attached hydrogen (secondary N) is 1. The molecule has 0 bridgehead atoms. The fraction of sp³-hybridized carbons (Fsp3) is 0.152. The normalized spacial score (nSPS) is 9.69. The molecule has 0 aliphatic rings. The van der Waals surface area contributed by atoms with Gasteiger partial charge in [0.2, 0.25) is 0 Å². The van der Waals surface area contributed by atoms with Gasteiger partial charge in [-0.1, -0.05) is 44.6 Å². The van der Waals surface area contributed by atoms with E-state index in [-0.39, 0.29) is 0 Å². The lowest BCUT2D eigenvalue weighted by atomic mass is 10.3. The second-order valence-corrected chi connectivity index (χ2v) is 22.9. The predicted octanol–water partition coefficient (Wildman–Crippen LogP) is 9.06. The Kier molecular flexibility index (Phi) is 20.0. The van der Waals surface area contributed by atoms with Gasteiger partial charge < -0.3 is 22.2 Å². The zero-order valence-corrected chi connectivity index (χ0v) is 37.6. The van der Waals surface area contributed by atoms with E-state index < -0.39 is 16.9 Å². The van der Waals surface area contributed by atoms with Crippen LogP contribution in [0, 0.1) is 39.3 Å². The summed E-state index contributed by atoms with van der Waals surface area (Å²) >= 11 is 15.3. The molecule has 5 aromatic heterocycles. The maximum Gasteiger partial charge on any atom is 0.139 e. The Labute approximate surface area is 333 Å². The number of nitrogens with zero attached hydrogens (tertiary/aromatic N) is 4. The van der Waals surface area contributed by atoms with Crippen molar-refractivity contribution in [3.63, 3.8) is 0 Å². The molecule has 0 fully saturated rings. The van der Waals surface area contributed by atoms with Crippen LogP contribution in [-0.2, 0) is 0 Å². The molecule has 0 aliphatic carbocycles. The first-order valence-electron chi connectivity index (χ1n) is 13.9. The van der Waals surface area contributed by atoms with Crippen LogP contribution < -0.4 is 17.2 Å². The molecule has 0 amide bonds. The predicted molar refractivity (Wildman–Crippen MR) is 231 cm³/mol. The number of H-pyrrole nitrogens is 1. The number of nitrogen functional groups attached to an aromatic ring is 3. The van der Waals surface area contributed by atoms with E-state index in [1.54, 1.807) is 30.9 Å². The molecule has 0 spiro atoms. The number of aromatic nitrogens is 5. The average molecular weight is 1050 g/mol. The minimum Gasteiger partial charge on any atom is -0.383 e. The summed E-state index contributed by atoms with van der Waals surface area (Å²) in [5.74, 6) is 6.98. The number of rotatable bonds is 0. The second kappa shape index (κ2) is 22.1. The van der Waals surface area contributed by atoms with E-state index in [0.29, 0.717) is 23.0 Å². The zero-order chi connectivity index (χ0) is 36.4. The fourth-order valence-corrected chi connectivity index (χ4v) is 5.46. The van der Waals surface area contributed by atoms with Gasteiger partial charge >= 0.3 is 0 Å². The van der Waals surface area contributed by atoms with Gasteiger partial charge in [0.15, 0.2) is 0 Å². The van der Waals surface area contributed by atoms with Crippen molar-refractivity contribution in [2.75, 3.05) is 17.2 Å². The lowest BCUT2D eigenvalue weighted by molar-refractivity contribution is 1.30. The third-order valence-electron chi connectivity index (χ3n) is 5.03. The fourth-order valence-electron chi connectivity index (χ4n) is 2.71. The minimum absolute atomic E-state index is 0.394. The first-order valence-corrected chi connectivity index (χ1v) is 24.5. The molecule has 5 heterocycles. The van der Waals surface area contributed by atoms with Gasteiger partial charge in [0.1, 0.15) is 40.0 Å². The number of nitrogens with two attached hydrogens (primary N) is 3. The Morgan fingerprint density at radius 1 is 0.750 bits per heavy atom. The van der Waals surface area contributed by atoms with Crippen LogP contribution in [0.15, 0.2) is 79.2 Å². The highest BCUT2D eigenvalue weighted by Crippen LogP contribution is 2.17. The van der Waals surface area contributed by atoms with E-state index >= 15 is 0 Å². The number of anilines is 3. The maximum absolute atomic E-state index is 5.70. The smallest absolute Gasteiger partial charge is 0.139 e.